The van der Waals surface area contributed by atoms with Crippen LogP contribution >= 0.6 is 27.3 Å². The van der Waals surface area contributed by atoms with E-state index < -0.39 is 10.0 Å². The Hall–Kier alpha value is 0.0500. The standard InChI is InChI=1S/C12H19BrN2O2S2/c1-3-4-14-7-9-6-11(12(13)18-9)19(16,17)15-10-5-8(10)2/h6,8,10,14-15H,3-5,7H2,1-2H3. The van der Waals surface area contributed by atoms with Crippen molar-refractivity contribution in [2.24, 2.45) is 5.92 Å². The second kappa shape index (κ2) is 6.22. The molecule has 1 heterocycles. The van der Waals surface area contributed by atoms with Crippen molar-refractivity contribution in [3.63, 3.8) is 0 Å². The van der Waals surface area contributed by atoms with E-state index in [1.165, 1.54) is 11.3 Å². The number of rotatable bonds is 7. The van der Waals surface area contributed by atoms with Crippen molar-refractivity contribution in [3.05, 3.63) is 14.7 Å². The lowest BCUT2D eigenvalue weighted by molar-refractivity contribution is 0.578. The Morgan fingerprint density at radius 2 is 2.21 bits per heavy atom. The van der Waals surface area contributed by atoms with Crippen LogP contribution in [-0.4, -0.2) is 21.0 Å². The number of halogens is 1. The Morgan fingerprint density at radius 3 is 2.79 bits per heavy atom. The first kappa shape index (κ1) is 15.4. The van der Waals surface area contributed by atoms with Crippen LogP contribution in [0.15, 0.2) is 14.7 Å². The molecule has 0 aromatic carbocycles. The maximum atomic E-state index is 12.2. The van der Waals surface area contributed by atoms with Crippen molar-refractivity contribution in [3.8, 4) is 0 Å². The molecule has 2 N–H and O–H groups in total. The molecule has 1 fully saturated rings. The third-order valence-electron chi connectivity index (χ3n) is 3.14. The van der Waals surface area contributed by atoms with Crippen molar-refractivity contribution in [2.45, 2.75) is 44.2 Å². The number of hydrogen-bond acceptors (Lipinski definition) is 4. The van der Waals surface area contributed by atoms with E-state index in [1.807, 2.05) is 0 Å². The van der Waals surface area contributed by atoms with Gasteiger partial charge in [-0.25, -0.2) is 13.1 Å². The fourth-order valence-corrected chi connectivity index (χ4v) is 5.82. The van der Waals surface area contributed by atoms with Gasteiger partial charge in [0.15, 0.2) is 0 Å². The van der Waals surface area contributed by atoms with Gasteiger partial charge in [-0.2, -0.15) is 0 Å². The van der Waals surface area contributed by atoms with Gasteiger partial charge in [0, 0.05) is 17.5 Å². The third kappa shape index (κ3) is 4.01. The number of thiophene rings is 1. The highest BCUT2D eigenvalue weighted by atomic mass is 79.9. The summed E-state index contributed by atoms with van der Waals surface area (Å²) in [7, 11) is -3.38. The summed E-state index contributed by atoms with van der Waals surface area (Å²) in [5.74, 6) is 0.456. The second-order valence-electron chi connectivity index (χ2n) is 4.97. The summed E-state index contributed by atoms with van der Waals surface area (Å²) in [5.41, 5.74) is 0. The molecule has 7 heteroatoms. The molecule has 0 aliphatic heterocycles. The maximum absolute atomic E-state index is 12.2. The summed E-state index contributed by atoms with van der Waals surface area (Å²) in [6.45, 7) is 5.81. The normalized spacial score (nSPS) is 22.7. The number of nitrogens with one attached hydrogen (secondary N) is 2. The Morgan fingerprint density at radius 1 is 1.53 bits per heavy atom. The van der Waals surface area contributed by atoms with Crippen LogP contribution < -0.4 is 10.0 Å². The van der Waals surface area contributed by atoms with Crippen molar-refractivity contribution in [2.75, 3.05) is 6.54 Å². The van der Waals surface area contributed by atoms with Gasteiger partial charge >= 0.3 is 0 Å². The Labute approximate surface area is 127 Å². The smallest absolute Gasteiger partial charge is 0.242 e. The highest BCUT2D eigenvalue weighted by molar-refractivity contribution is 9.11. The molecule has 1 aliphatic carbocycles. The Kier molecular flexibility index (Phi) is 5.05. The average Bonchev–Trinajstić information content (AvgIpc) is 2.85. The summed E-state index contributed by atoms with van der Waals surface area (Å²) in [6.07, 6.45) is 2.00. The molecule has 19 heavy (non-hydrogen) atoms. The van der Waals surface area contributed by atoms with E-state index in [1.54, 1.807) is 6.07 Å². The maximum Gasteiger partial charge on any atom is 0.242 e. The number of hydrogen-bond donors (Lipinski definition) is 2. The fourth-order valence-electron chi connectivity index (χ4n) is 1.81. The van der Waals surface area contributed by atoms with Gasteiger partial charge < -0.3 is 5.32 Å². The molecule has 2 atom stereocenters. The van der Waals surface area contributed by atoms with Gasteiger partial charge in [-0.05, 0) is 47.3 Å². The minimum atomic E-state index is -3.38. The van der Waals surface area contributed by atoms with Gasteiger partial charge in [-0.1, -0.05) is 13.8 Å². The molecular weight excluding hydrogens is 348 g/mol. The molecule has 1 aromatic heterocycles. The van der Waals surface area contributed by atoms with Crippen LogP contribution in [0.1, 0.15) is 31.6 Å². The lowest BCUT2D eigenvalue weighted by atomic mass is 10.4. The molecule has 0 spiro atoms. The van der Waals surface area contributed by atoms with Gasteiger partial charge in [-0.15, -0.1) is 11.3 Å². The van der Waals surface area contributed by atoms with Gasteiger partial charge in [0.25, 0.3) is 0 Å². The van der Waals surface area contributed by atoms with Crippen LogP contribution in [0.4, 0.5) is 0 Å². The number of sulfonamides is 1. The monoisotopic (exact) mass is 366 g/mol. The first-order chi connectivity index (χ1) is 8.94. The van der Waals surface area contributed by atoms with Crippen LogP contribution in [0, 0.1) is 5.92 Å². The Balaban J connectivity index is 2.06. The molecule has 0 saturated heterocycles. The predicted octanol–water partition coefficient (Wildman–Crippen LogP) is 2.70. The van der Waals surface area contributed by atoms with E-state index in [2.05, 4.69) is 39.8 Å². The van der Waals surface area contributed by atoms with E-state index in [-0.39, 0.29) is 6.04 Å². The molecular formula is C12H19BrN2O2S2. The van der Waals surface area contributed by atoms with Gasteiger partial charge in [0.1, 0.15) is 4.90 Å². The van der Waals surface area contributed by atoms with Crippen molar-refractivity contribution < 1.29 is 8.42 Å². The van der Waals surface area contributed by atoms with Gasteiger partial charge in [-0.3, -0.25) is 0 Å². The quantitative estimate of drug-likeness (QED) is 0.729. The molecule has 2 unspecified atom stereocenters. The van der Waals surface area contributed by atoms with Crippen molar-refractivity contribution in [1.82, 2.24) is 10.0 Å². The van der Waals surface area contributed by atoms with Crippen LogP contribution in [0.2, 0.25) is 0 Å². The summed E-state index contributed by atoms with van der Waals surface area (Å²) < 4.78 is 27.9. The SMILES string of the molecule is CCCNCc1cc(S(=O)(=O)NC2CC2C)c(Br)s1. The van der Waals surface area contributed by atoms with Crippen LogP contribution in [0.5, 0.6) is 0 Å². The predicted molar refractivity (Wildman–Crippen MR) is 81.9 cm³/mol. The molecule has 1 aliphatic rings. The summed E-state index contributed by atoms with van der Waals surface area (Å²) in [6, 6.07) is 1.87. The van der Waals surface area contributed by atoms with Crippen LogP contribution in [-0.2, 0) is 16.6 Å². The van der Waals surface area contributed by atoms with E-state index in [4.69, 9.17) is 0 Å². The lowest BCUT2D eigenvalue weighted by Gasteiger charge is -2.04. The summed E-state index contributed by atoms with van der Waals surface area (Å²) in [5, 5.41) is 3.28. The highest BCUT2D eigenvalue weighted by Gasteiger charge is 2.37. The van der Waals surface area contributed by atoms with Crippen LogP contribution in [0.3, 0.4) is 0 Å². The minimum Gasteiger partial charge on any atom is -0.312 e. The molecule has 0 radical (unpaired) electrons. The largest absolute Gasteiger partial charge is 0.312 e. The van der Waals surface area contributed by atoms with E-state index in [9.17, 15) is 8.42 Å². The molecule has 0 amide bonds. The Bertz CT molecular complexity index is 542. The molecule has 4 nitrogen and oxygen atoms in total. The fraction of sp³-hybridized carbons (Fsp3) is 0.667. The highest BCUT2D eigenvalue weighted by Crippen LogP contribution is 2.35. The van der Waals surface area contributed by atoms with E-state index in [0.29, 0.717) is 21.1 Å². The molecule has 108 valence electrons. The topological polar surface area (TPSA) is 58.2 Å². The first-order valence-corrected chi connectivity index (χ1v) is 9.54. The summed E-state index contributed by atoms with van der Waals surface area (Å²) in [4.78, 5) is 1.40. The van der Waals surface area contributed by atoms with Gasteiger partial charge in [0.2, 0.25) is 10.0 Å². The lowest BCUT2D eigenvalue weighted by Crippen LogP contribution is -2.26. The average molecular weight is 367 g/mol. The zero-order chi connectivity index (χ0) is 14.0. The minimum absolute atomic E-state index is 0.110. The molecule has 2 rings (SSSR count). The summed E-state index contributed by atoms with van der Waals surface area (Å²) >= 11 is 4.83. The zero-order valence-corrected chi connectivity index (χ0v) is 14.3. The molecule has 0 bridgehead atoms. The zero-order valence-electron chi connectivity index (χ0n) is 11.1. The molecule has 1 aromatic rings. The van der Waals surface area contributed by atoms with E-state index in [0.717, 1.165) is 24.3 Å². The van der Waals surface area contributed by atoms with Crippen LogP contribution in [0.25, 0.3) is 0 Å². The van der Waals surface area contributed by atoms with Crippen molar-refractivity contribution in [1.29, 1.82) is 0 Å². The van der Waals surface area contributed by atoms with E-state index >= 15 is 0 Å². The molecule has 1 saturated carbocycles. The first-order valence-electron chi connectivity index (χ1n) is 6.45. The third-order valence-corrected chi connectivity index (χ3v) is 6.88. The second-order valence-corrected chi connectivity index (χ2v) is 9.11. The van der Waals surface area contributed by atoms with Crippen molar-refractivity contribution >= 4 is 37.3 Å². The van der Waals surface area contributed by atoms with Gasteiger partial charge in [0.05, 0.1) is 3.79 Å².